The average molecular weight is 287 g/mol. The molecule has 1 aromatic rings. The Balaban J connectivity index is 2.94. The Morgan fingerprint density at radius 2 is 2.11 bits per heavy atom. The predicted octanol–water partition coefficient (Wildman–Crippen LogP) is 1.04. The van der Waals surface area contributed by atoms with Gasteiger partial charge in [0.15, 0.2) is 0 Å². The second-order valence-corrected chi connectivity index (χ2v) is 4.17. The number of anilines is 1. The third kappa shape index (κ3) is 4.20. The highest BCUT2D eigenvalue weighted by Gasteiger charge is 2.18. The second kappa shape index (κ2) is 7.08. The van der Waals surface area contributed by atoms with Crippen LogP contribution in [0, 0.1) is 0 Å². The number of methoxy groups -OCH3 is 2. The van der Waals surface area contributed by atoms with Crippen LogP contribution >= 0.6 is 11.6 Å². The first-order valence-electron chi connectivity index (χ1n) is 5.42. The van der Waals surface area contributed by atoms with E-state index in [9.17, 15) is 9.59 Å². The summed E-state index contributed by atoms with van der Waals surface area (Å²) >= 11 is 5.80. The van der Waals surface area contributed by atoms with E-state index in [4.69, 9.17) is 22.1 Å². The lowest BCUT2D eigenvalue weighted by molar-refractivity contribution is -0.118. The van der Waals surface area contributed by atoms with E-state index >= 15 is 0 Å². The Labute approximate surface area is 115 Å². The summed E-state index contributed by atoms with van der Waals surface area (Å²) in [5.41, 5.74) is 6.03. The molecule has 0 aliphatic heterocycles. The van der Waals surface area contributed by atoms with Crippen molar-refractivity contribution < 1.29 is 19.1 Å². The molecule has 104 valence electrons. The molecule has 0 radical (unpaired) electrons. The van der Waals surface area contributed by atoms with Crippen molar-refractivity contribution in [3.63, 3.8) is 0 Å². The second-order valence-electron chi connectivity index (χ2n) is 3.73. The summed E-state index contributed by atoms with van der Waals surface area (Å²) in [6, 6.07) is 3.63. The molecule has 19 heavy (non-hydrogen) atoms. The smallest absolute Gasteiger partial charge is 0.340 e. The van der Waals surface area contributed by atoms with Crippen molar-refractivity contribution in [2.45, 2.75) is 6.04 Å². The largest absolute Gasteiger partial charge is 0.465 e. The number of amides is 1. The van der Waals surface area contributed by atoms with Crippen LogP contribution < -0.4 is 11.1 Å². The summed E-state index contributed by atoms with van der Waals surface area (Å²) in [5, 5.41) is 2.89. The van der Waals surface area contributed by atoms with Crippen molar-refractivity contribution in [2.75, 3.05) is 26.1 Å². The standard InChI is InChI=1S/C12H15ClN2O4/c1-18-6-9(14)11(16)15-10-4-3-7(13)5-8(10)12(17)19-2/h3-5,9H,6,14H2,1-2H3,(H,15,16). The van der Waals surface area contributed by atoms with E-state index < -0.39 is 17.9 Å². The van der Waals surface area contributed by atoms with Crippen molar-refractivity contribution in [1.29, 1.82) is 0 Å². The highest BCUT2D eigenvalue weighted by atomic mass is 35.5. The number of hydrogen-bond acceptors (Lipinski definition) is 5. The summed E-state index contributed by atoms with van der Waals surface area (Å²) in [6.45, 7) is 0.0764. The lowest BCUT2D eigenvalue weighted by Gasteiger charge is -2.13. The molecule has 0 spiro atoms. The fourth-order valence-corrected chi connectivity index (χ4v) is 1.56. The third-order valence-corrected chi connectivity index (χ3v) is 2.56. The van der Waals surface area contributed by atoms with Crippen molar-refractivity contribution in [3.05, 3.63) is 28.8 Å². The number of carbonyl (C=O) groups excluding carboxylic acids is 2. The Bertz CT molecular complexity index is 479. The number of rotatable bonds is 5. The first-order valence-corrected chi connectivity index (χ1v) is 5.80. The van der Waals surface area contributed by atoms with E-state index in [1.807, 2.05) is 0 Å². The van der Waals surface area contributed by atoms with E-state index in [1.54, 1.807) is 6.07 Å². The summed E-state index contributed by atoms with van der Waals surface area (Å²) in [6.07, 6.45) is 0. The average Bonchev–Trinajstić information content (AvgIpc) is 2.40. The maximum Gasteiger partial charge on any atom is 0.340 e. The van der Waals surface area contributed by atoms with Crippen LogP contribution in [0.4, 0.5) is 5.69 Å². The molecule has 7 heteroatoms. The molecule has 1 aromatic carbocycles. The maximum absolute atomic E-state index is 11.7. The molecular weight excluding hydrogens is 272 g/mol. The molecule has 0 saturated carbocycles. The van der Waals surface area contributed by atoms with Gasteiger partial charge >= 0.3 is 5.97 Å². The van der Waals surface area contributed by atoms with Gasteiger partial charge in [0.1, 0.15) is 6.04 Å². The molecule has 0 aliphatic rings. The van der Waals surface area contributed by atoms with E-state index in [0.29, 0.717) is 5.02 Å². The van der Waals surface area contributed by atoms with Gasteiger partial charge in [-0.1, -0.05) is 11.6 Å². The third-order valence-electron chi connectivity index (χ3n) is 2.33. The number of nitrogens with two attached hydrogens (primary N) is 1. The highest BCUT2D eigenvalue weighted by Crippen LogP contribution is 2.21. The molecule has 1 amide bonds. The van der Waals surface area contributed by atoms with Crippen LogP contribution in [0.2, 0.25) is 5.02 Å². The molecule has 1 unspecified atom stereocenters. The quantitative estimate of drug-likeness (QED) is 0.789. The maximum atomic E-state index is 11.7. The topological polar surface area (TPSA) is 90.6 Å². The fourth-order valence-electron chi connectivity index (χ4n) is 1.38. The van der Waals surface area contributed by atoms with E-state index in [1.165, 1.54) is 26.4 Å². The number of nitrogens with one attached hydrogen (secondary N) is 1. The number of benzene rings is 1. The van der Waals surface area contributed by atoms with Crippen LogP contribution in [0.1, 0.15) is 10.4 Å². The lowest BCUT2D eigenvalue weighted by Crippen LogP contribution is -2.39. The Kier molecular flexibility index (Phi) is 5.75. The van der Waals surface area contributed by atoms with Crippen molar-refractivity contribution in [1.82, 2.24) is 0 Å². The highest BCUT2D eigenvalue weighted by molar-refractivity contribution is 6.31. The molecule has 0 aromatic heterocycles. The van der Waals surface area contributed by atoms with Gasteiger partial charge in [-0.05, 0) is 18.2 Å². The molecular formula is C12H15ClN2O4. The van der Waals surface area contributed by atoms with Gasteiger partial charge in [0, 0.05) is 12.1 Å². The minimum absolute atomic E-state index is 0.0764. The first-order chi connectivity index (χ1) is 8.99. The minimum Gasteiger partial charge on any atom is -0.465 e. The lowest BCUT2D eigenvalue weighted by atomic mass is 10.1. The fraction of sp³-hybridized carbons (Fsp3) is 0.333. The van der Waals surface area contributed by atoms with Gasteiger partial charge in [-0.3, -0.25) is 4.79 Å². The van der Waals surface area contributed by atoms with Crippen LogP contribution in [0.3, 0.4) is 0 Å². The van der Waals surface area contributed by atoms with Gasteiger partial charge in [0.2, 0.25) is 5.91 Å². The number of ether oxygens (including phenoxy) is 2. The minimum atomic E-state index is -0.828. The molecule has 0 bridgehead atoms. The Morgan fingerprint density at radius 3 is 2.68 bits per heavy atom. The first kappa shape index (κ1) is 15.4. The molecule has 1 rings (SSSR count). The summed E-state index contributed by atoms with van der Waals surface area (Å²) < 4.78 is 9.40. The zero-order chi connectivity index (χ0) is 14.4. The van der Waals surface area contributed by atoms with E-state index in [0.717, 1.165) is 0 Å². The van der Waals surface area contributed by atoms with Crippen LogP contribution in [0.25, 0.3) is 0 Å². The predicted molar refractivity (Wildman–Crippen MR) is 71.3 cm³/mol. The molecule has 0 saturated heterocycles. The van der Waals surface area contributed by atoms with Crippen molar-refractivity contribution in [2.24, 2.45) is 5.73 Å². The molecule has 6 nitrogen and oxygen atoms in total. The van der Waals surface area contributed by atoms with Crippen LogP contribution in [0.15, 0.2) is 18.2 Å². The van der Waals surface area contributed by atoms with Gasteiger partial charge in [-0.25, -0.2) is 4.79 Å². The van der Waals surface area contributed by atoms with Gasteiger partial charge in [-0.2, -0.15) is 0 Å². The van der Waals surface area contributed by atoms with E-state index in [2.05, 4.69) is 10.1 Å². The summed E-state index contributed by atoms with van der Waals surface area (Å²) in [7, 11) is 2.68. The number of carbonyl (C=O) groups is 2. The number of esters is 1. The van der Waals surface area contributed by atoms with Crippen molar-refractivity contribution >= 4 is 29.2 Å². The monoisotopic (exact) mass is 286 g/mol. The van der Waals surface area contributed by atoms with Gasteiger partial charge in [0.25, 0.3) is 0 Å². The Hall–Kier alpha value is -1.63. The zero-order valence-corrected chi connectivity index (χ0v) is 11.4. The summed E-state index contributed by atoms with van der Waals surface area (Å²) in [4.78, 5) is 23.3. The molecule has 3 N–H and O–H groups in total. The number of hydrogen-bond donors (Lipinski definition) is 2. The molecule has 1 atom stereocenters. The van der Waals surface area contributed by atoms with Crippen LogP contribution in [-0.4, -0.2) is 38.7 Å². The van der Waals surface area contributed by atoms with E-state index in [-0.39, 0.29) is 17.9 Å². The van der Waals surface area contributed by atoms with Crippen LogP contribution in [-0.2, 0) is 14.3 Å². The summed E-state index contributed by atoms with van der Waals surface area (Å²) in [5.74, 6) is -1.06. The molecule has 0 aliphatic carbocycles. The van der Waals surface area contributed by atoms with Gasteiger partial charge < -0.3 is 20.5 Å². The van der Waals surface area contributed by atoms with Crippen molar-refractivity contribution in [3.8, 4) is 0 Å². The van der Waals surface area contributed by atoms with Gasteiger partial charge in [-0.15, -0.1) is 0 Å². The zero-order valence-electron chi connectivity index (χ0n) is 10.6. The SMILES string of the molecule is COCC(N)C(=O)Nc1ccc(Cl)cc1C(=O)OC. The van der Waals surface area contributed by atoms with Gasteiger partial charge in [0.05, 0.1) is 25.0 Å². The molecule has 0 heterocycles. The Morgan fingerprint density at radius 1 is 1.42 bits per heavy atom. The number of halogens is 1. The molecule has 0 fully saturated rings. The normalized spacial score (nSPS) is 11.8. The van der Waals surface area contributed by atoms with Crippen LogP contribution in [0.5, 0.6) is 0 Å².